The lowest BCUT2D eigenvalue weighted by atomic mass is 10.1. The lowest BCUT2D eigenvalue weighted by Crippen LogP contribution is -2.39. The van der Waals surface area contributed by atoms with Crippen LogP contribution in [-0.2, 0) is 22.4 Å². The van der Waals surface area contributed by atoms with Crippen LogP contribution >= 0.6 is 34.3 Å². The van der Waals surface area contributed by atoms with Crippen molar-refractivity contribution in [1.82, 2.24) is 9.97 Å². The molecule has 0 aliphatic carbocycles. The van der Waals surface area contributed by atoms with Crippen molar-refractivity contribution >= 4 is 51.7 Å². The average Bonchev–Trinajstić information content (AvgIpc) is 3.27. The number of rotatable bonds is 5. The van der Waals surface area contributed by atoms with Gasteiger partial charge in [0.15, 0.2) is 5.78 Å². The third kappa shape index (κ3) is 3.30. The van der Waals surface area contributed by atoms with Crippen LogP contribution in [0.4, 0.5) is 5.69 Å². The summed E-state index contributed by atoms with van der Waals surface area (Å²) < 4.78 is 0. The highest BCUT2D eigenvalue weighted by atomic mass is 35.5. The number of pyridine rings is 1. The maximum absolute atomic E-state index is 12.7. The Labute approximate surface area is 163 Å². The van der Waals surface area contributed by atoms with Gasteiger partial charge < -0.3 is 4.90 Å². The first-order valence-electron chi connectivity index (χ1n) is 8.05. The number of carbonyl (C=O) groups excluding carboxylic acids is 2. The van der Waals surface area contributed by atoms with E-state index in [0.717, 1.165) is 26.8 Å². The lowest BCUT2D eigenvalue weighted by Gasteiger charge is -2.27. The molecule has 0 spiro atoms. The van der Waals surface area contributed by atoms with Crippen molar-refractivity contribution in [3.8, 4) is 10.6 Å². The standard InChI is InChI=1S/C18H14ClN3O2S2/c19-12-10-26-15(17(12)18-21-6-7-25-18)8-11(23)9-22-14-2-1-5-20-13(14)3-4-16(22)24/h1-2,5-7,10H,3-4,8-9H2. The molecule has 3 aromatic heterocycles. The Morgan fingerprint density at radius 1 is 1.23 bits per heavy atom. The molecule has 1 amide bonds. The zero-order valence-electron chi connectivity index (χ0n) is 13.6. The molecule has 132 valence electrons. The Hall–Kier alpha value is -2.09. The van der Waals surface area contributed by atoms with E-state index < -0.39 is 0 Å². The van der Waals surface area contributed by atoms with Crippen LogP contribution in [0.2, 0.25) is 5.02 Å². The van der Waals surface area contributed by atoms with Crippen molar-refractivity contribution in [1.29, 1.82) is 0 Å². The molecule has 8 heteroatoms. The van der Waals surface area contributed by atoms with E-state index in [-0.39, 0.29) is 24.7 Å². The van der Waals surface area contributed by atoms with E-state index in [4.69, 9.17) is 11.6 Å². The summed E-state index contributed by atoms with van der Waals surface area (Å²) in [5, 5.41) is 5.12. The summed E-state index contributed by atoms with van der Waals surface area (Å²) in [6, 6.07) is 3.63. The first kappa shape index (κ1) is 17.3. The van der Waals surface area contributed by atoms with E-state index in [1.807, 2.05) is 16.8 Å². The second-order valence-electron chi connectivity index (χ2n) is 5.88. The predicted molar refractivity (Wildman–Crippen MR) is 104 cm³/mol. The molecule has 0 saturated heterocycles. The topological polar surface area (TPSA) is 63.2 Å². The van der Waals surface area contributed by atoms with E-state index in [1.54, 1.807) is 23.4 Å². The van der Waals surface area contributed by atoms with Gasteiger partial charge >= 0.3 is 0 Å². The zero-order chi connectivity index (χ0) is 18.1. The van der Waals surface area contributed by atoms with E-state index in [0.29, 0.717) is 17.9 Å². The van der Waals surface area contributed by atoms with Crippen LogP contribution in [0.3, 0.4) is 0 Å². The van der Waals surface area contributed by atoms with Gasteiger partial charge in [-0.3, -0.25) is 14.6 Å². The maximum atomic E-state index is 12.7. The summed E-state index contributed by atoms with van der Waals surface area (Å²) in [4.78, 5) is 36.1. The number of aromatic nitrogens is 2. The molecule has 0 atom stereocenters. The normalized spacial score (nSPS) is 13.7. The molecular weight excluding hydrogens is 390 g/mol. The fourth-order valence-corrected chi connectivity index (χ4v) is 5.19. The number of aryl methyl sites for hydroxylation is 1. The van der Waals surface area contributed by atoms with Gasteiger partial charge in [-0.25, -0.2) is 4.98 Å². The number of thiazole rings is 1. The fourth-order valence-electron chi connectivity index (χ4n) is 3.02. The number of halogens is 1. The van der Waals surface area contributed by atoms with Gasteiger partial charge in [0, 0.05) is 52.9 Å². The van der Waals surface area contributed by atoms with Crippen LogP contribution in [-0.4, -0.2) is 28.2 Å². The van der Waals surface area contributed by atoms with Crippen LogP contribution in [0.5, 0.6) is 0 Å². The monoisotopic (exact) mass is 403 g/mol. The minimum Gasteiger partial charge on any atom is -0.303 e. The smallest absolute Gasteiger partial charge is 0.227 e. The van der Waals surface area contributed by atoms with Gasteiger partial charge in [0.2, 0.25) is 5.91 Å². The van der Waals surface area contributed by atoms with Crippen LogP contribution in [0.25, 0.3) is 10.6 Å². The summed E-state index contributed by atoms with van der Waals surface area (Å²) in [5.41, 5.74) is 2.43. The van der Waals surface area contributed by atoms with Gasteiger partial charge in [0.05, 0.1) is 22.9 Å². The summed E-state index contributed by atoms with van der Waals surface area (Å²) >= 11 is 9.23. The first-order chi connectivity index (χ1) is 12.6. The molecule has 1 aliphatic heterocycles. The second kappa shape index (κ2) is 7.26. The summed E-state index contributed by atoms with van der Waals surface area (Å²) in [7, 11) is 0. The van der Waals surface area contributed by atoms with Crippen molar-refractivity contribution in [2.45, 2.75) is 19.3 Å². The summed E-state index contributed by atoms with van der Waals surface area (Å²) in [5.74, 6) is -0.0745. The predicted octanol–water partition coefficient (Wildman–Crippen LogP) is 4.01. The Balaban J connectivity index is 1.55. The van der Waals surface area contributed by atoms with Crippen molar-refractivity contribution in [2.24, 2.45) is 0 Å². The number of fused-ring (bicyclic) bond motifs is 1. The number of nitrogens with zero attached hydrogens (tertiary/aromatic N) is 3. The van der Waals surface area contributed by atoms with E-state index in [9.17, 15) is 9.59 Å². The Bertz CT molecular complexity index is 969. The number of carbonyl (C=O) groups is 2. The summed E-state index contributed by atoms with van der Waals surface area (Å²) in [6.45, 7) is 0.0460. The molecule has 1 aliphatic rings. The number of Topliss-reactive ketones (excluding diaryl/α,β-unsaturated/α-hetero) is 1. The highest BCUT2D eigenvalue weighted by Gasteiger charge is 2.27. The first-order valence-corrected chi connectivity index (χ1v) is 10.2. The van der Waals surface area contributed by atoms with Gasteiger partial charge in [-0.2, -0.15) is 0 Å². The molecule has 0 N–H and O–H groups in total. The molecule has 0 fully saturated rings. The maximum Gasteiger partial charge on any atom is 0.227 e. The fraction of sp³-hybridized carbons (Fsp3) is 0.222. The zero-order valence-corrected chi connectivity index (χ0v) is 16.0. The third-order valence-corrected chi connectivity index (χ3v) is 6.40. The van der Waals surface area contributed by atoms with Crippen LogP contribution < -0.4 is 4.90 Å². The molecule has 4 heterocycles. The van der Waals surface area contributed by atoms with Crippen LogP contribution in [0.15, 0.2) is 35.3 Å². The Morgan fingerprint density at radius 3 is 2.92 bits per heavy atom. The van der Waals surface area contributed by atoms with Crippen LogP contribution in [0, 0.1) is 0 Å². The van der Waals surface area contributed by atoms with Gasteiger partial charge in [-0.05, 0) is 12.1 Å². The molecule has 0 aromatic carbocycles. The molecule has 0 bridgehead atoms. The highest BCUT2D eigenvalue weighted by molar-refractivity contribution is 7.15. The number of hydrogen-bond donors (Lipinski definition) is 0. The quantitative estimate of drug-likeness (QED) is 0.645. The lowest BCUT2D eigenvalue weighted by molar-refractivity contribution is -0.122. The van der Waals surface area contributed by atoms with Gasteiger partial charge in [0.25, 0.3) is 0 Å². The van der Waals surface area contributed by atoms with Crippen molar-refractivity contribution in [2.75, 3.05) is 11.4 Å². The Morgan fingerprint density at radius 2 is 2.12 bits per heavy atom. The van der Waals surface area contributed by atoms with Crippen LogP contribution in [0.1, 0.15) is 17.0 Å². The van der Waals surface area contributed by atoms with Gasteiger partial charge in [-0.15, -0.1) is 22.7 Å². The molecular formula is C18H14ClN3O2S2. The molecule has 0 radical (unpaired) electrons. The van der Waals surface area contributed by atoms with Gasteiger partial charge in [0.1, 0.15) is 5.01 Å². The van der Waals surface area contributed by atoms with Gasteiger partial charge in [-0.1, -0.05) is 11.6 Å². The van der Waals surface area contributed by atoms with Crippen molar-refractivity contribution in [3.63, 3.8) is 0 Å². The number of ketones is 1. The highest BCUT2D eigenvalue weighted by Crippen LogP contribution is 2.37. The number of anilines is 1. The van der Waals surface area contributed by atoms with E-state index >= 15 is 0 Å². The molecule has 0 unspecified atom stereocenters. The molecule has 0 saturated carbocycles. The van der Waals surface area contributed by atoms with Crippen molar-refractivity contribution in [3.05, 3.63) is 50.9 Å². The summed E-state index contributed by atoms with van der Waals surface area (Å²) in [6.07, 6.45) is 4.66. The average molecular weight is 404 g/mol. The second-order valence-corrected chi connectivity index (χ2v) is 8.15. The molecule has 26 heavy (non-hydrogen) atoms. The number of hydrogen-bond acceptors (Lipinski definition) is 6. The minimum atomic E-state index is -0.0387. The third-order valence-electron chi connectivity index (χ3n) is 4.19. The molecule has 5 nitrogen and oxygen atoms in total. The SMILES string of the molecule is O=C(Cc1scc(Cl)c1-c1nccs1)CN1C(=O)CCc2ncccc21. The minimum absolute atomic E-state index is 0.0358. The largest absolute Gasteiger partial charge is 0.303 e. The van der Waals surface area contributed by atoms with Crippen molar-refractivity contribution < 1.29 is 9.59 Å². The van der Waals surface area contributed by atoms with E-state index in [1.165, 1.54) is 22.7 Å². The van der Waals surface area contributed by atoms with E-state index in [2.05, 4.69) is 9.97 Å². The number of thiophene rings is 1. The molecule has 3 aromatic rings. The molecule has 4 rings (SSSR count). The number of amides is 1. The Kier molecular flexibility index (Phi) is 4.84.